The molecular weight excluding hydrogens is 432 g/mol. The third kappa shape index (κ3) is 5.25. The topological polar surface area (TPSA) is 60.5 Å². The Morgan fingerprint density at radius 3 is 2.35 bits per heavy atom. The molecule has 0 aliphatic carbocycles. The van der Waals surface area contributed by atoms with Crippen LogP contribution in [0.25, 0.3) is 0 Å². The molecule has 0 N–H and O–H groups in total. The summed E-state index contributed by atoms with van der Waals surface area (Å²) in [6, 6.07) is 11.9. The van der Waals surface area contributed by atoms with E-state index >= 15 is 0 Å². The molecule has 3 aliphatic heterocycles. The Morgan fingerprint density at radius 2 is 1.53 bits per heavy atom. The summed E-state index contributed by atoms with van der Waals surface area (Å²) in [6.07, 6.45) is 5.55. The summed E-state index contributed by atoms with van der Waals surface area (Å²) in [4.78, 5) is 17.7. The first-order valence-corrected chi connectivity index (χ1v) is 12.4. The van der Waals surface area contributed by atoms with Gasteiger partial charge in [0.1, 0.15) is 6.61 Å². The van der Waals surface area contributed by atoms with Crippen LogP contribution in [0, 0.1) is 0 Å². The number of hydrogen-bond acceptors (Lipinski definition) is 6. The standard InChI is InChI=1S/C27H34N2O5/c1-28-12-7-8-14-29(27(30)26-18-31-22-10-4-5-11-23(22)34-26)13-6-2-3-9-20-15-24-25(33-19-32-24)16-21(20)17-28/h4-5,10-11,15-16,26H,2-3,6-9,12-14,17-19H2,1H3. The molecule has 5 rings (SSSR count). The summed E-state index contributed by atoms with van der Waals surface area (Å²) in [7, 11) is 2.16. The van der Waals surface area contributed by atoms with Crippen LogP contribution in [0.5, 0.6) is 23.0 Å². The summed E-state index contributed by atoms with van der Waals surface area (Å²) in [5.41, 5.74) is 2.67. The molecule has 7 heteroatoms. The number of carbonyl (C=O) groups is 1. The second-order valence-corrected chi connectivity index (χ2v) is 9.42. The van der Waals surface area contributed by atoms with Gasteiger partial charge >= 0.3 is 0 Å². The SMILES string of the molecule is CN1CCCCN(C(=O)C2COc3ccccc3O2)CCCCCc2cc3c(cc2C1)OCO3. The smallest absolute Gasteiger partial charge is 0.267 e. The summed E-state index contributed by atoms with van der Waals surface area (Å²) in [5.74, 6) is 3.11. The van der Waals surface area contributed by atoms with E-state index < -0.39 is 6.10 Å². The fourth-order valence-corrected chi connectivity index (χ4v) is 4.93. The van der Waals surface area contributed by atoms with Crippen molar-refractivity contribution in [3.63, 3.8) is 0 Å². The molecule has 0 radical (unpaired) electrons. The number of nitrogens with zero attached hydrogens (tertiary/aromatic N) is 2. The maximum atomic E-state index is 13.3. The van der Waals surface area contributed by atoms with Gasteiger partial charge in [-0.15, -0.1) is 0 Å². The lowest BCUT2D eigenvalue weighted by Crippen LogP contribution is -2.47. The largest absolute Gasteiger partial charge is 0.485 e. The molecular formula is C27H34N2O5. The van der Waals surface area contributed by atoms with E-state index in [-0.39, 0.29) is 12.5 Å². The number of amides is 1. The minimum atomic E-state index is -0.576. The monoisotopic (exact) mass is 466 g/mol. The summed E-state index contributed by atoms with van der Waals surface area (Å²) < 4.78 is 23.0. The maximum Gasteiger partial charge on any atom is 0.267 e. The Bertz CT molecular complexity index is 1010. The first kappa shape index (κ1) is 22.8. The molecule has 182 valence electrons. The fourth-order valence-electron chi connectivity index (χ4n) is 4.93. The molecule has 0 aromatic heterocycles. The predicted molar refractivity (Wildman–Crippen MR) is 129 cm³/mol. The van der Waals surface area contributed by atoms with Crippen molar-refractivity contribution in [1.82, 2.24) is 9.80 Å². The third-order valence-electron chi connectivity index (χ3n) is 6.82. The highest BCUT2D eigenvalue weighted by molar-refractivity contribution is 5.82. The molecule has 0 saturated heterocycles. The molecule has 0 spiro atoms. The van der Waals surface area contributed by atoms with Gasteiger partial charge in [-0.2, -0.15) is 0 Å². The summed E-state index contributed by atoms with van der Waals surface area (Å²) >= 11 is 0. The Balaban J connectivity index is 1.23. The molecule has 2 aromatic rings. The molecule has 3 heterocycles. The van der Waals surface area contributed by atoms with Gasteiger partial charge in [-0.05, 0) is 81.1 Å². The lowest BCUT2D eigenvalue weighted by molar-refractivity contribution is -0.141. The second-order valence-electron chi connectivity index (χ2n) is 9.42. The van der Waals surface area contributed by atoms with E-state index in [2.05, 4.69) is 24.1 Å². The number of para-hydroxylation sites is 2. The van der Waals surface area contributed by atoms with Gasteiger partial charge in [-0.25, -0.2) is 0 Å². The molecule has 0 saturated carbocycles. The number of ether oxygens (including phenoxy) is 4. The van der Waals surface area contributed by atoms with Gasteiger partial charge in [0.25, 0.3) is 5.91 Å². The van der Waals surface area contributed by atoms with Crippen LogP contribution in [0.2, 0.25) is 0 Å². The Morgan fingerprint density at radius 1 is 0.824 bits per heavy atom. The lowest BCUT2D eigenvalue weighted by Gasteiger charge is -2.31. The first-order valence-electron chi connectivity index (χ1n) is 12.4. The van der Waals surface area contributed by atoms with Crippen molar-refractivity contribution in [1.29, 1.82) is 0 Å². The van der Waals surface area contributed by atoms with E-state index in [1.165, 1.54) is 11.1 Å². The van der Waals surface area contributed by atoms with E-state index in [1.54, 1.807) is 0 Å². The van der Waals surface area contributed by atoms with Crippen LogP contribution in [0.4, 0.5) is 0 Å². The zero-order valence-corrected chi connectivity index (χ0v) is 20.0. The van der Waals surface area contributed by atoms with Crippen molar-refractivity contribution < 1.29 is 23.7 Å². The molecule has 7 nitrogen and oxygen atoms in total. The van der Waals surface area contributed by atoms with Crippen LogP contribution in [0.15, 0.2) is 36.4 Å². The van der Waals surface area contributed by atoms with Crippen LogP contribution in [-0.2, 0) is 17.8 Å². The Labute approximate surface area is 201 Å². The van der Waals surface area contributed by atoms with Crippen molar-refractivity contribution in [2.75, 3.05) is 40.1 Å². The molecule has 1 unspecified atom stereocenters. The lowest BCUT2D eigenvalue weighted by atomic mass is 9.99. The molecule has 0 fully saturated rings. The summed E-state index contributed by atoms with van der Waals surface area (Å²) in [5, 5.41) is 0. The van der Waals surface area contributed by atoms with Gasteiger partial charge in [0.2, 0.25) is 12.9 Å². The minimum absolute atomic E-state index is 0.0352. The van der Waals surface area contributed by atoms with Gasteiger partial charge in [-0.3, -0.25) is 4.79 Å². The average Bonchev–Trinajstić information content (AvgIpc) is 3.31. The average molecular weight is 467 g/mol. The molecule has 1 amide bonds. The van der Waals surface area contributed by atoms with Gasteiger partial charge in [0.05, 0.1) is 0 Å². The molecule has 1 atom stereocenters. The van der Waals surface area contributed by atoms with Crippen molar-refractivity contribution in [3.05, 3.63) is 47.5 Å². The van der Waals surface area contributed by atoms with E-state index in [1.807, 2.05) is 29.2 Å². The summed E-state index contributed by atoms with van der Waals surface area (Å²) in [6.45, 7) is 3.95. The Hall–Kier alpha value is -2.93. The highest BCUT2D eigenvalue weighted by Gasteiger charge is 2.31. The zero-order valence-electron chi connectivity index (χ0n) is 20.0. The Kier molecular flexibility index (Phi) is 7.09. The fraction of sp³-hybridized carbons (Fsp3) is 0.519. The molecule has 0 bridgehead atoms. The van der Waals surface area contributed by atoms with E-state index in [4.69, 9.17) is 18.9 Å². The van der Waals surface area contributed by atoms with Crippen LogP contribution >= 0.6 is 0 Å². The number of hydrogen-bond donors (Lipinski definition) is 0. The van der Waals surface area contributed by atoms with Crippen molar-refractivity contribution in [2.45, 2.75) is 51.2 Å². The van der Waals surface area contributed by atoms with Crippen LogP contribution in [0.3, 0.4) is 0 Å². The van der Waals surface area contributed by atoms with Crippen LogP contribution < -0.4 is 18.9 Å². The van der Waals surface area contributed by atoms with Crippen LogP contribution in [-0.4, -0.2) is 61.9 Å². The van der Waals surface area contributed by atoms with Gasteiger partial charge in [0, 0.05) is 19.6 Å². The molecule has 34 heavy (non-hydrogen) atoms. The number of fused-ring (bicyclic) bond motifs is 3. The number of aryl methyl sites for hydroxylation is 1. The number of carbonyl (C=O) groups excluding carboxylic acids is 1. The van der Waals surface area contributed by atoms with E-state index in [0.717, 1.165) is 76.2 Å². The zero-order chi connectivity index (χ0) is 23.3. The second kappa shape index (κ2) is 10.6. The van der Waals surface area contributed by atoms with E-state index in [9.17, 15) is 4.79 Å². The highest BCUT2D eigenvalue weighted by atomic mass is 16.7. The molecule has 3 aliphatic rings. The minimum Gasteiger partial charge on any atom is -0.485 e. The van der Waals surface area contributed by atoms with Gasteiger partial charge in [0.15, 0.2) is 23.0 Å². The van der Waals surface area contributed by atoms with Gasteiger partial charge in [-0.1, -0.05) is 18.6 Å². The van der Waals surface area contributed by atoms with Gasteiger partial charge < -0.3 is 28.7 Å². The first-order chi connectivity index (χ1) is 16.7. The normalized spacial score (nSPS) is 21.4. The maximum absolute atomic E-state index is 13.3. The predicted octanol–water partition coefficient (Wildman–Crippen LogP) is 4.02. The third-order valence-corrected chi connectivity index (χ3v) is 6.82. The quantitative estimate of drug-likeness (QED) is 0.633. The highest BCUT2D eigenvalue weighted by Crippen LogP contribution is 2.36. The van der Waals surface area contributed by atoms with Crippen LogP contribution in [0.1, 0.15) is 43.2 Å². The number of rotatable bonds is 1. The van der Waals surface area contributed by atoms with Crippen molar-refractivity contribution in [3.8, 4) is 23.0 Å². The molecule has 2 aromatic carbocycles. The van der Waals surface area contributed by atoms with Crippen molar-refractivity contribution in [2.24, 2.45) is 0 Å². The van der Waals surface area contributed by atoms with E-state index in [0.29, 0.717) is 18.3 Å². The van der Waals surface area contributed by atoms with Crippen molar-refractivity contribution >= 4 is 5.91 Å². The number of benzene rings is 2.